The van der Waals surface area contributed by atoms with Crippen molar-refractivity contribution in [2.45, 2.75) is 44.0 Å². The van der Waals surface area contributed by atoms with E-state index in [0.29, 0.717) is 5.65 Å². The Hall–Kier alpha value is -2.10. The van der Waals surface area contributed by atoms with Crippen LogP contribution in [-0.2, 0) is 4.74 Å². The van der Waals surface area contributed by atoms with Gasteiger partial charge in [-0.3, -0.25) is 0 Å². The Bertz CT molecular complexity index is 1040. The first-order valence-electron chi connectivity index (χ1n) is 8.69. The van der Waals surface area contributed by atoms with Crippen LogP contribution in [0.4, 0.5) is 4.39 Å². The average Bonchev–Trinajstić information content (AvgIpc) is 3.15. The summed E-state index contributed by atoms with van der Waals surface area (Å²) in [4.78, 5) is 8.35. The third-order valence-corrected chi connectivity index (χ3v) is 5.52. The lowest BCUT2D eigenvalue weighted by Crippen LogP contribution is -2.47. The zero-order valence-corrected chi connectivity index (χ0v) is 15.9. The molecule has 0 radical (unpaired) electrons. The third kappa shape index (κ3) is 2.89. The van der Waals surface area contributed by atoms with E-state index < -0.39 is 36.0 Å². The molecular weight excluding hydrogens is 389 g/mol. The first-order chi connectivity index (χ1) is 13.2. The van der Waals surface area contributed by atoms with Gasteiger partial charge in [-0.05, 0) is 32.0 Å². The quantitative estimate of drug-likeness (QED) is 0.615. The van der Waals surface area contributed by atoms with Gasteiger partial charge in [-0.15, -0.1) is 0 Å². The van der Waals surface area contributed by atoms with Gasteiger partial charge >= 0.3 is 0 Å². The largest absolute Gasteiger partial charge is 0.385 e. The van der Waals surface area contributed by atoms with E-state index in [4.69, 9.17) is 16.3 Å². The average molecular weight is 408 g/mol. The molecule has 3 N–H and O–H groups in total. The molecule has 1 aliphatic rings. The molecule has 7 nitrogen and oxygen atoms in total. The normalized spacial score (nSPS) is 28.8. The van der Waals surface area contributed by atoms with E-state index in [1.165, 1.54) is 25.4 Å². The zero-order valence-electron chi connectivity index (χ0n) is 15.1. The summed E-state index contributed by atoms with van der Waals surface area (Å²) in [6.45, 7) is 3.16. The number of hydrogen-bond donors (Lipinski definition) is 3. The van der Waals surface area contributed by atoms with Gasteiger partial charge in [0, 0.05) is 22.2 Å². The maximum Gasteiger partial charge on any atom is 0.164 e. The molecule has 148 valence electrons. The van der Waals surface area contributed by atoms with Gasteiger partial charge in [-0.1, -0.05) is 17.7 Å². The molecular formula is C19H19ClFN3O4. The molecule has 1 fully saturated rings. The second kappa shape index (κ2) is 6.75. The number of aliphatic hydroxyl groups excluding tert-OH is 2. The summed E-state index contributed by atoms with van der Waals surface area (Å²) in [5.41, 5.74) is -0.671. The molecule has 3 aromatic rings. The molecule has 2 aromatic heterocycles. The van der Waals surface area contributed by atoms with E-state index in [1.807, 2.05) is 6.92 Å². The first kappa shape index (κ1) is 19.2. The molecule has 0 unspecified atom stereocenters. The molecule has 5 atom stereocenters. The van der Waals surface area contributed by atoms with Crippen LogP contribution in [0, 0.1) is 12.7 Å². The van der Waals surface area contributed by atoms with Crippen molar-refractivity contribution in [2.24, 2.45) is 0 Å². The number of rotatable bonds is 3. The van der Waals surface area contributed by atoms with Crippen molar-refractivity contribution in [3.05, 3.63) is 58.9 Å². The van der Waals surface area contributed by atoms with Crippen LogP contribution in [0.2, 0.25) is 5.02 Å². The molecule has 0 aliphatic carbocycles. The number of halogens is 2. The van der Waals surface area contributed by atoms with Gasteiger partial charge in [0.05, 0.1) is 5.69 Å². The first-order valence-corrected chi connectivity index (χ1v) is 9.06. The van der Waals surface area contributed by atoms with Crippen LogP contribution in [0.1, 0.15) is 30.5 Å². The minimum atomic E-state index is -1.85. The highest BCUT2D eigenvalue weighted by atomic mass is 35.5. The minimum Gasteiger partial charge on any atom is -0.385 e. The van der Waals surface area contributed by atoms with Crippen molar-refractivity contribution in [1.29, 1.82) is 0 Å². The summed E-state index contributed by atoms with van der Waals surface area (Å²) in [6.07, 6.45) is -2.18. The Labute approximate surface area is 165 Å². The van der Waals surface area contributed by atoms with E-state index in [-0.39, 0.29) is 10.6 Å². The van der Waals surface area contributed by atoms with E-state index >= 15 is 0 Å². The fraction of sp³-hybridized carbons (Fsp3) is 0.368. The van der Waals surface area contributed by atoms with Crippen molar-refractivity contribution in [3.8, 4) is 0 Å². The highest BCUT2D eigenvalue weighted by molar-refractivity contribution is 6.30. The lowest BCUT2D eigenvalue weighted by atomic mass is 9.88. The smallest absolute Gasteiger partial charge is 0.164 e. The Morgan fingerprint density at radius 3 is 2.79 bits per heavy atom. The maximum absolute atomic E-state index is 14.3. The molecule has 1 aliphatic heterocycles. The molecule has 0 spiro atoms. The van der Waals surface area contributed by atoms with Gasteiger partial charge in [0.15, 0.2) is 6.23 Å². The fourth-order valence-electron chi connectivity index (χ4n) is 3.64. The van der Waals surface area contributed by atoms with Crippen molar-refractivity contribution in [2.75, 3.05) is 0 Å². The van der Waals surface area contributed by atoms with Gasteiger partial charge in [0.25, 0.3) is 0 Å². The van der Waals surface area contributed by atoms with Crippen LogP contribution >= 0.6 is 11.6 Å². The van der Waals surface area contributed by atoms with Gasteiger partial charge < -0.3 is 24.6 Å². The van der Waals surface area contributed by atoms with Crippen LogP contribution in [0.5, 0.6) is 0 Å². The molecule has 0 amide bonds. The summed E-state index contributed by atoms with van der Waals surface area (Å²) < 4.78 is 21.7. The molecule has 1 saturated heterocycles. The number of benzene rings is 1. The summed E-state index contributed by atoms with van der Waals surface area (Å²) in [5, 5.41) is 33.3. The van der Waals surface area contributed by atoms with Crippen molar-refractivity contribution in [3.63, 3.8) is 0 Å². The number of hydrogen-bond acceptors (Lipinski definition) is 6. The summed E-state index contributed by atoms with van der Waals surface area (Å²) in [7, 11) is 0. The molecule has 28 heavy (non-hydrogen) atoms. The predicted molar refractivity (Wildman–Crippen MR) is 99.2 cm³/mol. The highest BCUT2D eigenvalue weighted by Gasteiger charge is 2.56. The topological polar surface area (TPSA) is 101 Å². The Balaban J connectivity index is 1.72. The summed E-state index contributed by atoms with van der Waals surface area (Å²) >= 11 is 5.76. The van der Waals surface area contributed by atoms with Gasteiger partial charge in [-0.25, -0.2) is 14.4 Å². The SMILES string of the molecule is Cc1ncnc2c1ccn2[C@@H]1O[C@H]([C@@H](O)c2ccc(Cl)cc2F)[C@@](C)(O)[C@H]1O. The Kier molecular flexibility index (Phi) is 4.64. The molecule has 3 heterocycles. The second-order valence-corrected chi connectivity index (χ2v) is 7.58. The number of aliphatic hydroxyl groups is 3. The van der Waals surface area contributed by atoms with E-state index in [0.717, 1.165) is 17.1 Å². The maximum atomic E-state index is 14.3. The Morgan fingerprint density at radius 1 is 1.32 bits per heavy atom. The van der Waals surface area contributed by atoms with E-state index in [2.05, 4.69) is 9.97 Å². The second-order valence-electron chi connectivity index (χ2n) is 7.15. The zero-order chi connectivity index (χ0) is 20.2. The molecule has 4 rings (SSSR count). The van der Waals surface area contributed by atoms with Crippen LogP contribution in [0.3, 0.4) is 0 Å². The molecule has 9 heteroatoms. The number of aryl methyl sites for hydroxylation is 1. The van der Waals surface area contributed by atoms with Crippen molar-refractivity contribution >= 4 is 22.6 Å². The van der Waals surface area contributed by atoms with Crippen LogP contribution in [0.15, 0.2) is 36.8 Å². The number of fused-ring (bicyclic) bond motifs is 1. The van der Waals surface area contributed by atoms with Crippen LogP contribution in [0.25, 0.3) is 11.0 Å². The Morgan fingerprint density at radius 2 is 2.07 bits per heavy atom. The molecule has 0 saturated carbocycles. The van der Waals surface area contributed by atoms with E-state index in [9.17, 15) is 19.7 Å². The standard InChI is InChI=1S/C19H19ClFN3O4/c1-9-11-5-6-24(17(11)23-8-22-9)18-15(26)19(2,27)16(28-18)14(25)12-4-3-10(20)7-13(12)21/h3-8,14-16,18,25-27H,1-2H3/t14-,15-,16+,18+,19-/m0/s1. The molecule has 1 aromatic carbocycles. The van der Waals surface area contributed by atoms with E-state index in [1.54, 1.807) is 16.8 Å². The monoisotopic (exact) mass is 407 g/mol. The lowest BCUT2D eigenvalue weighted by molar-refractivity contribution is -0.115. The van der Waals surface area contributed by atoms with Crippen LogP contribution in [-0.4, -0.2) is 47.7 Å². The highest BCUT2D eigenvalue weighted by Crippen LogP contribution is 2.43. The minimum absolute atomic E-state index is 0.0851. The third-order valence-electron chi connectivity index (χ3n) is 5.28. The number of nitrogens with zero attached hydrogens (tertiary/aromatic N) is 3. The number of ether oxygens (including phenoxy) is 1. The fourth-order valence-corrected chi connectivity index (χ4v) is 3.80. The van der Waals surface area contributed by atoms with Crippen molar-refractivity contribution in [1.82, 2.24) is 14.5 Å². The van der Waals surface area contributed by atoms with Crippen molar-refractivity contribution < 1.29 is 24.4 Å². The van der Waals surface area contributed by atoms with Gasteiger partial charge in [0.2, 0.25) is 0 Å². The summed E-state index contributed by atoms with van der Waals surface area (Å²) in [6, 6.07) is 5.60. The summed E-state index contributed by atoms with van der Waals surface area (Å²) in [5.74, 6) is -0.730. The van der Waals surface area contributed by atoms with Gasteiger partial charge in [-0.2, -0.15) is 0 Å². The lowest BCUT2D eigenvalue weighted by Gasteiger charge is -2.29. The predicted octanol–water partition coefficient (Wildman–Crippen LogP) is 2.28. The van der Waals surface area contributed by atoms with Gasteiger partial charge in [0.1, 0.15) is 41.7 Å². The molecule has 0 bridgehead atoms. The number of aromatic nitrogens is 3. The van der Waals surface area contributed by atoms with Crippen LogP contribution < -0.4 is 0 Å².